The Kier molecular flexibility index (Phi) is 4.25. The summed E-state index contributed by atoms with van der Waals surface area (Å²) in [6, 6.07) is 0. The van der Waals surface area contributed by atoms with E-state index in [4.69, 9.17) is 11.6 Å². The van der Waals surface area contributed by atoms with Crippen molar-refractivity contribution in [3.8, 4) is 0 Å². The van der Waals surface area contributed by atoms with Crippen LogP contribution < -0.4 is 5.32 Å². The number of amides is 1. The molecule has 3 heteroatoms. The molecule has 104 valence electrons. The average molecular weight is 272 g/mol. The second-order valence-corrected chi connectivity index (χ2v) is 7.86. The molecule has 2 rings (SSSR count). The summed E-state index contributed by atoms with van der Waals surface area (Å²) in [5, 5.41) is 3.10. The van der Waals surface area contributed by atoms with Crippen LogP contribution in [0.25, 0.3) is 0 Å². The first-order chi connectivity index (χ1) is 8.38. The number of carbonyl (C=O) groups is 1. The Morgan fingerprint density at radius 3 is 2.33 bits per heavy atom. The fourth-order valence-corrected chi connectivity index (χ4v) is 3.99. The van der Waals surface area contributed by atoms with Gasteiger partial charge in [0.25, 0.3) is 0 Å². The zero-order chi connectivity index (χ0) is 13.3. The summed E-state index contributed by atoms with van der Waals surface area (Å²) in [6.45, 7) is 7.16. The minimum Gasteiger partial charge on any atom is -0.354 e. The lowest BCUT2D eigenvalue weighted by Gasteiger charge is -2.22. The van der Waals surface area contributed by atoms with E-state index in [1.165, 1.54) is 25.7 Å². The Morgan fingerprint density at radius 1 is 1.28 bits per heavy atom. The van der Waals surface area contributed by atoms with Crippen molar-refractivity contribution in [1.82, 2.24) is 5.32 Å². The lowest BCUT2D eigenvalue weighted by molar-refractivity contribution is -0.122. The molecule has 2 fully saturated rings. The molecule has 1 N–H and O–H groups in total. The highest BCUT2D eigenvalue weighted by Crippen LogP contribution is 2.55. The van der Waals surface area contributed by atoms with Crippen molar-refractivity contribution >= 4 is 17.5 Å². The van der Waals surface area contributed by atoms with Gasteiger partial charge in [-0.2, -0.15) is 0 Å². The second-order valence-electron chi connectivity index (χ2n) is 7.25. The number of halogens is 1. The molecule has 0 bridgehead atoms. The summed E-state index contributed by atoms with van der Waals surface area (Å²) < 4.78 is 0. The predicted octanol–water partition coefficient (Wildman–Crippen LogP) is 3.58. The van der Waals surface area contributed by atoms with Crippen LogP contribution in [0.2, 0.25) is 0 Å². The standard InChI is InChI=1S/C15H26ClNO/c1-15(2,3)8-10(16)9-17-14(18)13-11-6-4-5-7-12(11)13/h10-13H,4-9H2,1-3H3,(H,17,18). The maximum atomic E-state index is 12.1. The fraction of sp³-hybridized carbons (Fsp3) is 0.933. The third kappa shape index (κ3) is 3.63. The number of fused-ring (bicyclic) bond motifs is 1. The van der Waals surface area contributed by atoms with Crippen molar-refractivity contribution in [2.75, 3.05) is 6.54 Å². The predicted molar refractivity (Wildman–Crippen MR) is 75.7 cm³/mol. The van der Waals surface area contributed by atoms with Crippen LogP contribution in [0.15, 0.2) is 0 Å². The van der Waals surface area contributed by atoms with E-state index in [0.717, 1.165) is 6.42 Å². The number of alkyl halides is 1. The van der Waals surface area contributed by atoms with Gasteiger partial charge in [0, 0.05) is 12.5 Å². The van der Waals surface area contributed by atoms with Crippen LogP contribution in [0.4, 0.5) is 0 Å². The topological polar surface area (TPSA) is 29.1 Å². The van der Waals surface area contributed by atoms with Crippen molar-refractivity contribution < 1.29 is 4.79 Å². The van der Waals surface area contributed by atoms with E-state index in [1.54, 1.807) is 0 Å². The van der Waals surface area contributed by atoms with Crippen LogP contribution in [0.3, 0.4) is 0 Å². The molecule has 0 aromatic rings. The van der Waals surface area contributed by atoms with E-state index >= 15 is 0 Å². The smallest absolute Gasteiger partial charge is 0.223 e. The number of hydrogen-bond acceptors (Lipinski definition) is 1. The molecule has 1 amide bonds. The van der Waals surface area contributed by atoms with Gasteiger partial charge >= 0.3 is 0 Å². The van der Waals surface area contributed by atoms with Gasteiger partial charge in [0.2, 0.25) is 5.91 Å². The Morgan fingerprint density at radius 2 is 1.83 bits per heavy atom. The molecule has 0 aliphatic heterocycles. The minimum absolute atomic E-state index is 0.0507. The highest BCUT2D eigenvalue weighted by atomic mass is 35.5. The highest BCUT2D eigenvalue weighted by Gasteiger charge is 2.54. The summed E-state index contributed by atoms with van der Waals surface area (Å²) in [5.41, 5.74) is 0.227. The Bertz CT molecular complexity index is 298. The van der Waals surface area contributed by atoms with E-state index < -0.39 is 0 Å². The average Bonchev–Trinajstić information content (AvgIpc) is 2.97. The van der Waals surface area contributed by atoms with Gasteiger partial charge in [0.1, 0.15) is 0 Å². The molecule has 2 aliphatic rings. The zero-order valence-corrected chi connectivity index (χ0v) is 12.6. The van der Waals surface area contributed by atoms with Crippen molar-refractivity contribution in [1.29, 1.82) is 0 Å². The minimum atomic E-state index is 0.0507. The summed E-state index contributed by atoms with van der Waals surface area (Å²) in [4.78, 5) is 12.1. The van der Waals surface area contributed by atoms with E-state index in [0.29, 0.717) is 24.3 Å². The first kappa shape index (κ1) is 14.2. The third-order valence-electron chi connectivity index (χ3n) is 4.29. The van der Waals surface area contributed by atoms with Crippen LogP contribution in [-0.4, -0.2) is 17.8 Å². The third-order valence-corrected chi connectivity index (χ3v) is 4.60. The van der Waals surface area contributed by atoms with E-state index in [2.05, 4.69) is 26.1 Å². The van der Waals surface area contributed by atoms with Crippen molar-refractivity contribution in [3.63, 3.8) is 0 Å². The first-order valence-corrected chi connectivity index (χ1v) is 7.74. The monoisotopic (exact) mass is 271 g/mol. The van der Waals surface area contributed by atoms with Gasteiger partial charge in [-0.3, -0.25) is 4.79 Å². The molecule has 0 aromatic heterocycles. The molecule has 2 nitrogen and oxygen atoms in total. The summed E-state index contributed by atoms with van der Waals surface area (Å²) >= 11 is 6.27. The molecular formula is C15H26ClNO. The Labute approximate surface area is 116 Å². The lowest BCUT2D eigenvalue weighted by atomic mass is 9.90. The SMILES string of the molecule is CC(C)(C)CC(Cl)CNC(=O)C1C2CCCCC21. The molecule has 3 atom stereocenters. The number of rotatable bonds is 4. The highest BCUT2D eigenvalue weighted by molar-refractivity contribution is 6.20. The quantitative estimate of drug-likeness (QED) is 0.778. The van der Waals surface area contributed by atoms with Gasteiger partial charge in [0.05, 0.1) is 5.38 Å². The van der Waals surface area contributed by atoms with Crippen LogP contribution in [-0.2, 0) is 4.79 Å². The molecule has 3 unspecified atom stereocenters. The van der Waals surface area contributed by atoms with Gasteiger partial charge in [0.15, 0.2) is 0 Å². The normalized spacial score (nSPS) is 32.6. The van der Waals surface area contributed by atoms with Gasteiger partial charge < -0.3 is 5.32 Å². The molecule has 0 radical (unpaired) electrons. The van der Waals surface area contributed by atoms with E-state index in [9.17, 15) is 4.79 Å². The van der Waals surface area contributed by atoms with Gasteiger partial charge in [-0.05, 0) is 36.5 Å². The zero-order valence-electron chi connectivity index (χ0n) is 11.8. The van der Waals surface area contributed by atoms with Crippen LogP contribution in [0.5, 0.6) is 0 Å². The largest absolute Gasteiger partial charge is 0.354 e. The molecule has 0 heterocycles. The number of nitrogens with one attached hydrogen (secondary N) is 1. The first-order valence-electron chi connectivity index (χ1n) is 7.30. The van der Waals surface area contributed by atoms with Crippen molar-refractivity contribution in [3.05, 3.63) is 0 Å². The molecular weight excluding hydrogens is 246 g/mol. The van der Waals surface area contributed by atoms with Crippen LogP contribution in [0, 0.1) is 23.2 Å². The Balaban J connectivity index is 1.69. The molecule has 2 aliphatic carbocycles. The maximum absolute atomic E-state index is 12.1. The fourth-order valence-electron chi connectivity index (χ4n) is 3.45. The molecule has 0 aromatic carbocycles. The summed E-state index contributed by atoms with van der Waals surface area (Å²) in [7, 11) is 0. The van der Waals surface area contributed by atoms with E-state index in [1.807, 2.05) is 0 Å². The number of hydrogen-bond donors (Lipinski definition) is 1. The van der Waals surface area contributed by atoms with Gasteiger partial charge in [-0.1, -0.05) is 33.6 Å². The number of carbonyl (C=O) groups excluding carboxylic acids is 1. The maximum Gasteiger partial charge on any atom is 0.223 e. The van der Waals surface area contributed by atoms with Crippen molar-refractivity contribution in [2.45, 2.75) is 58.3 Å². The summed E-state index contributed by atoms with van der Waals surface area (Å²) in [6.07, 6.45) is 6.08. The second kappa shape index (κ2) is 5.40. The Hall–Kier alpha value is -0.240. The molecule has 18 heavy (non-hydrogen) atoms. The van der Waals surface area contributed by atoms with Crippen LogP contribution in [0.1, 0.15) is 52.9 Å². The van der Waals surface area contributed by atoms with Crippen molar-refractivity contribution in [2.24, 2.45) is 23.2 Å². The molecule has 0 spiro atoms. The molecule has 2 saturated carbocycles. The lowest BCUT2D eigenvalue weighted by Crippen LogP contribution is -2.33. The van der Waals surface area contributed by atoms with E-state index in [-0.39, 0.29) is 16.7 Å². The van der Waals surface area contributed by atoms with Gasteiger partial charge in [-0.25, -0.2) is 0 Å². The summed E-state index contributed by atoms with van der Waals surface area (Å²) in [5.74, 6) is 1.95. The molecule has 0 saturated heterocycles. The van der Waals surface area contributed by atoms with Crippen LogP contribution >= 0.6 is 11.6 Å². The van der Waals surface area contributed by atoms with Gasteiger partial charge in [-0.15, -0.1) is 11.6 Å².